The minimum atomic E-state index is 0.0718. The van der Waals surface area contributed by atoms with E-state index in [0.29, 0.717) is 6.54 Å². The third-order valence-corrected chi connectivity index (χ3v) is 3.10. The predicted molar refractivity (Wildman–Crippen MR) is 73.7 cm³/mol. The second kappa shape index (κ2) is 6.52. The fourth-order valence-corrected chi connectivity index (χ4v) is 2.19. The summed E-state index contributed by atoms with van der Waals surface area (Å²) in [6.07, 6.45) is 1.11. The average Bonchev–Trinajstić information content (AvgIpc) is 2.57. The Kier molecular flexibility index (Phi) is 4.73. The fraction of sp³-hybridized carbons (Fsp3) is 0.500. The Morgan fingerprint density at radius 2 is 2.28 bits per heavy atom. The molecule has 0 spiro atoms. The molecule has 1 aliphatic heterocycles. The van der Waals surface area contributed by atoms with Crippen molar-refractivity contribution in [3.63, 3.8) is 0 Å². The first kappa shape index (κ1) is 13.1. The van der Waals surface area contributed by atoms with Gasteiger partial charge in [-0.15, -0.1) is 0 Å². The largest absolute Gasteiger partial charge is 0.325 e. The Morgan fingerprint density at radius 3 is 3.11 bits per heavy atom. The lowest BCUT2D eigenvalue weighted by molar-refractivity contribution is -0.117. The van der Waals surface area contributed by atoms with Crippen LogP contribution in [0.4, 0.5) is 5.69 Å². The number of hydrogen-bond acceptors (Lipinski definition) is 3. The third kappa shape index (κ3) is 4.13. The number of benzene rings is 1. The summed E-state index contributed by atoms with van der Waals surface area (Å²) in [5, 5.41) is 6.28. The predicted octanol–water partition coefficient (Wildman–Crippen LogP) is 1.23. The maximum atomic E-state index is 11.9. The highest BCUT2D eigenvalue weighted by atomic mass is 16.2. The van der Waals surface area contributed by atoms with E-state index in [4.69, 9.17) is 0 Å². The van der Waals surface area contributed by atoms with Crippen LogP contribution >= 0.6 is 0 Å². The molecule has 0 aromatic heterocycles. The number of hydrogen-bond donors (Lipinski definition) is 2. The molecule has 0 atom stereocenters. The van der Waals surface area contributed by atoms with E-state index in [9.17, 15) is 4.79 Å². The minimum absolute atomic E-state index is 0.0718. The lowest BCUT2D eigenvalue weighted by atomic mass is 10.2. The van der Waals surface area contributed by atoms with Gasteiger partial charge in [-0.25, -0.2) is 0 Å². The molecule has 1 heterocycles. The molecule has 1 saturated heterocycles. The first-order valence-corrected chi connectivity index (χ1v) is 6.53. The molecule has 1 fully saturated rings. The minimum Gasteiger partial charge on any atom is -0.325 e. The molecule has 1 aromatic carbocycles. The first-order valence-electron chi connectivity index (χ1n) is 6.53. The number of nitrogens with one attached hydrogen (secondary N) is 2. The molecule has 2 rings (SSSR count). The maximum absolute atomic E-state index is 11.9. The van der Waals surface area contributed by atoms with Crippen LogP contribution in [0.25, 0.3) is 0 Å². The van der Waals surface area contributed by atoms with Crippen molar-refractivity contribution in [3.8, 4) is 0 Å². The molecule has 2 N–H and O–H groups in total. The van der Waals surface area contributed by atoms with Crippen LogP contribution in [0, 0.1) is 6.92 Å². The summed E-state index contributed by atoms with van der Waals surface area (Å²) in [4.78, 5) is 14.1. The zero-order chi connectivity index (χ0) is 12.8. The van der Waals surface area contributed by atoms with E-state index in [1.807, 2.05) is 31.2 Å². The van der Waals surface area contributed by atoms with Crippen LogP contribution in [0.3, 0.4) is 0 Å². The maximum Gasteiger partial charge on any atom is 0.238 e. The van der Waals surface area contributed by atoms with Crippen molar-refractivity contribution in [2.75, 3.05) is 38.0 Å². The van der Waals surface area contributed by atoms with Gasteiger partial charge in [-0.3, -0.25) is 9.69 Å². The molecule has 18 heavy (non-hydrogen) atoms. The van der Waals surface area contributed by atoms with Gasteiger partial charge in [-0.2, -0.15) is 0 Å². The van der Waals surface area contributed by atoms with Gasteiger partial charge in [0.25, 0.3) is 0 Å². The van der Waals surface area contributed by atoms with Crippen molar-refractivity contribution in [2.24, 2.45) is 0 Å². The number of carbonyl (C=O) groups excluding carboxylic acids is 1. The van der Waals surface area contributed by atoms with Gasteiger partial charge in [0.2, 0.25) is 5.91 Å². The quantitative estimate of drug-likeness (QED) is 0.844. The second-order valence-corrected chi connectivity index (χ2v) is 4.80. The third-order valence-electron chi connectivity index (χ3n) is 3.10. The van der Waals surface area contributed by atoms with Crippen LogP contribution in [0.5, 0.6) is 0 Å². The second-order valence-electron chi connectivity index (χ2n) is 4.80. The summed E-state index contributed by atoms with van der Waals surface area (Å²) in [5.41, 5.74) is 2.04. The standard InChI is InChI=1S/C14H21N3O/c1-12-4-2-5-13(10-12)16-14(18)11-17-8-3-6-15-7-9-17/h2,4-5,10,15H,3,6-9,11H2,1H3,(H,16,18). The molecule has 98 valence electrons. The van der Waals surface area contributed by atoms with Crippen LogP contribution in [0.15, 0.2) is 24.3 Å². The van der Waals surface area contributed by atoms with E-state index in [1.54, 1.807) is 0 Å². The molecule has 1 aromatic rings. The number of rotatable bonds is 3. The van der Waals surface area contributed by atoms with E-state index in [1.165, 1.54) is 0 Å². The van der Waals surface area contributed by atoms with Crippen molar-refractivity contribution in [2.45, 2.75) is 13.3 Å². The molecular formula is C14H21N3O. The summed E-state index contributed by atoms with van der Waals surface area (Å²) in [6, 6.07) is 7.90. The highest BCUT2D eigenvalue weighted by Gasteiger charge is 2.12. The molecule has 0 bridgehead atoms. The van der Waals surface area contributed by atoms with Gasteiger partial charge in [-0.05, 0) is 44.1 Å². The topological polar surface area (TPSA) is 44.4 Å². The summed E-state index contributed by atoms with van der Waals surface area (Å²) in [6.45, 7) is 6.47. The van der Waals surface area contributed by atoms with Crippen LogP contribution in [0.1, 0.15) is 12.0 Å². The van der Waals surface area contributed by atoms with Gasteiger partial charge in [-0.1, -0.05) is 12.1 Å². The summed E-state index contributed by atoms with van der Waals surface area (Å²) in [7, 11) is 0. The van der Waals surface area contributed by atoms with Crippen molar-refractivity contribution in [1.29, 1.82) is 0 Å². The van der Waals surface area contributed by atoms with Gasteiger partial charge in [0.05, 0.1) is 6.54 Å². The molecule has 1 amide bonds. The number of aryl methyl sites for hydroxylation is 1. The Hall–Kier alpha value is -1.39. The molecule has 0 radical (unpaired) electrons. The smallest absolute Gasteiger partial charge is 0.238 e. The van der Waals surface area contributed by atoms with Crippen molar-refractivity contribution in [3.05, 3.63) is 29.8 Å². The normalized spacial score (nSPS) is 17.2. The summed E-state index contributed by atoms with van der Waals surface area (Å²) >= 11 is 0. The summed E-state index contributed by atoms with van der Waals surface area (Å²) < 4.78 is 0. The lowest BCUT2D eigenvalue weighted by Gasteiger charge is -2.18. The number of nitrogens with zero attached hydrogens (tertiary/aromatic N) is 1. The zero-order valence-corrected chi connectivity index (χ0v) is 10.9. The monoisotopic (exact) mass is 247 g/mol. The van der Waals surface area contributed by atoms with Crippen LogP contribution in [-0.4, -0.2) is 43.5 Å². The van der Waals surface area contributed by atoms with Crippen molar-refractivity contribution in [1.82, 2.24) is 10.2 Å². The Labute approximate surface area is 108 Å². The molecule has 0 aliphatic carbocycles. The Bertz CT molecular complexity index is 398. The van der Waals surface area contributed by atoms with Crippen LogP contribution in [0.2, 0.25) is 0 Å². The van der Waals surface area contributed by atoms with Gasteiger partial charge in [0.15, 0.2) is 0 Å². The van der Waals surface area contributed by atoms with E-state index < -0.39 is 0 Å². The highest BCUT2D eigenvalue weighted by molar-refractivity contribution is 5.92. The van der Waals surface area contributed by atoms with Gasteiger partial charge < -0.3 is 10.6 Å². The van der Waals surface area contributed by atoms with Crippen molar-refractivity contribution >= 4 is 11.6 Å². The number of carbonyl (C=O) groups is 1. The SMILES string of the molecule is Cc1cccc(NC(=O)CN2CCCNCC2)c1. The molecule has 1 aliphatic rings. The van der Waals surface area contributed by atoms with E-state index in [2.05, 4.69) is 15.5 Å². The number of amides is 1. The molecular weight excluding hydrogens is 226 g/mol. The van der Waals surface area contributed by atoms with E-state index in [0.717, 1.165) is 43.9 Å². The average molecular weight is 247 g/mol. The Balaban J connectivity index is 1.84. The van der Waals surface area contributed by atoms with Crippen LogP contribution in [-0.2, 0) is 4.79 Å². The molecule has 0 saturated carbocycles. The lowest BCUT2D eigenvalue weighted by Crippen LogP contribution is -2.35. The van der Waals surface area contributed by atoms with Gasteiger partial charge in [0, 0.05) is 18.8 Å². The molecule has 0 unspecified atom stereocenters. The van der Waals surface area contributed by atoms with E-state index in [-0.39, 0.29) is 5.91 Å². The fourth-order valence-electron chi connectivity index (χ4n) is 2.19. The van der Waals surface area contributed by atoms with Crippen LogP contribution < -0.4 is 10.6 Å². The van der Waals surface area contributed by atoms with Gasteiger partial charge in [0.1, 0.15) is 0 Å². The highest BCUT2D eigenvalue weighted by Crippen LogP contribution is 2.09. The van der Waals surface area contributed by atoms with E-state index >= 15 is 0 Å². The molecule has 4 nitrogen and oxygen atoms in total. The first-order chi connectivity index (χ1) is 8.74. The number of anilines is 1. The summed E-state index contributed by atoms with van der Waals surface area (Å²) in [5.74, 6) is 0.0718. The molecule has 4 heteroatoms. The van der Waals surface area contributed by atoms with Gasteiger partial charge >= 0.3 is 0 Å². The van der Waals surface area contributed by atoms with Crippen molar-refractivity contribution < 1.29 is 4.79 Å². The zero-order valence-electron chi connectivity index (χ0n) is 10.9. The Morgan fingerprint density at radius 1 is 1.39 bits per heavy atom.